The number of hydrogen-bond donors (Lipinski definition) is 1. The molecule has 2 rings (SSSR count). The predicted octanol–water partition coefficient (Wildman–Crippen LogP) is 1.58. The normalized spacial score (nSPS) is 31.2. The van der Waals surface area contributed by atoms with E-state index in [1.165, 1.54) is 6.42 Å². The van der Waals surface area contributed by atoms with Crippen molar-refractivity contribution in [3.8, 4) is 0 Å². The van der Waals surface area contributed by atoms with Crippen LogP contribution in [0.2, 0.25) is 0 Å². The summed E-state index contributed by atoms with van der Waals surface area (Å²) < 4.78 is 26.5. The number of hydrogen-bond acceptors (Lipinski definition) is 3. The van der Waals surface area contributed by atoms with E-state index < -0.39 is 10.0 Å². The van der Waals surface area contributed by atoms with E-state index in [4.69, 9.17) is 0 Å². The number of nitrogens with zero attached hydrogens (tertiary/aromatic N) is 1. The van der Waals surface area contributed by atoms with Crippen LogP contribution in [0.4, 0.5) is 0 Å². The van der Waals surface area contributed by atoms with Gasteiger partial charge in [-0.15, -0.1) is 0 Å². The maximum absolute atomic E-state index is 12.4. The molecule has 106 valence electrons. The molecule has 0 aromatic heterocycles. The average molecular weight is 274 g/mol. The van der Waals surface area contributed by atoms with Gasteiger partial charge in [-0.2, -0.15) is 0 Å². The lowest BCUT2D eigenvalue weighted by Crippen LogP contribution is -2.41. The van der Waals surface area contributed by atoms with Gasteiger partial charge in [-0.1, -0.05) is 20.3 Å². The van der Waals surface area contributed by atoms with Crippen LogP contribution in [0.3, 0.4) is 0 Å². The van der Waals surface area contributed by atoms with Gasteiger partial charge in [0.25, 0.3) is 0 Å². The highest BCUT2D eigenvalue weighted by molar-refractivity contribution is 7.89. The van der Waals surface area contributed by atoms with Gasteiger partial charge < -0.3 is 5.32 Å². The second-order valence-corrected chi connectivity index (χ2v) is 7.97. The zero-order chi connectivity index (χ0) is 13.2. The van der Waals surface area contributed by atoms with Gasteiger partial charge in [0.05, 0.1) is 5.75 Å². The summed E-state index contributed by atoms with van der Waals surface area (Å²) in [7, 11) is -3.06. The first-order chi connectivity index (χ1) is 8.51. The molecule has 0 radical (unpaired) electrons. The molecule has 0 amide bonds. The summed E-state index contributed by atoms with van der Waals surface area (Å²) >= 11 is 0. The number of rotatable bonds is 5. The van der Waals surface area contributed by atoms with Gasteiger partial charge in [-0.3, -0.25) is 0 Å². The largest absolute Gasteiger partial charge is 0.310 e. The second-order valence-electron chi connectivity index (χ2n) is 5.96. The Bertz CT molecular complexity index is 369. The Morgan fingerprint density at radius 3 is 2.72 bits per heavy atom. The van der Waals surface area contributed by atoms with Crippen LogP contribution < -0.4 is 5.32 Å². The quantitative estimate of drug-likeness (QED) is 0.828. The summed E-state index contributed by atoms with van der Waals surface area (Å²) in [5, 5.41) is 3.53. The summed E-state index contributed by atoms with van der Waals surface area (Å²) in [4.78, 5) is 0. The summed E-state index contributed by atoms with van der Waals surface area (Å²) in [6.45, 7) is 5.54. The molecule has 0 aromatic rings. The molecule has 2 fully saturated rings. The van der Waals surface area contributed by atoms with E-state index >= 15 is 0 Å². The number of fused-ring (bicyclic) bond motifs is 2. The first-order valence-electron chi connectivity index (χ1n) is 7.25. The van der Waals surface area contributed by atoms with Crippen molar-refractivity contribution in [3.63, 3.8) is 0 Å². The van der Waals surface area contributed by atoms with E-state index in [1.807, 2.05) is 6.92 Å². The molecule has 5 heteroatoms. The lowest BCUT2D eigenvalue weighted by Gasteiger charge is -2.25. The molecule has 2 saturated heterocycles. The zero-order valence-electron chi connectivity index (χ0n) is 11.6. The Morgan fingerprint density at radius 2 is 2.00 bits per heavy atom. The molecular formula is C13H26N2O2S. The van der Waals surface area contributed by atoms with Gasteiger partial charge in [-0.05, 0) is 31.6 Å². The molecule has 2 aliphatic rings. The van der Waals surface area contributed by atoms with E-state index in [9.17, 15) is 8.42 Å². The van der Waals surface area contributed by atoms with Crippen LogP contribution in [0.25, 0.3) is 0 Å². The van der Waals surface area contributed by atoms with Crippen LogP contribution in [0, 0.1) is 5.92 Å². The molecule has 1 N–H and O–H groups in total. The third-order valence-corrected chi connectivity index (χ3v) is 6.26. The third kappa shape index (κ3) is 3.45. The predicted molar refractivity (Wildman–Crippen MR) is 74.0 cm³/mol. The van der Waals surface area contributed by atoms with Crippen molar-refractivity contribution in [3.05, 3.63) is 0 Å². The van der Waals surface area contributed by atoms with E-state index in [-0.39, 0.29) is 5.92 Å². The van der Waals surface area contributed by atoms with Gasteiger partial charge in [0, 0.05) is 25.2 Å². The van der Waals surface area contributed by atoms with Crippen LogP contribution in [0.1, 0.15) is 46.0 Å². The molecule has 0 aliphatic carbocycles. The molecule has 0 aromatic carbocycles. The first-order valence-corrected chi connectivity index (χ1v) is 8.86. The van der Waals surface area contributed by atoms with Crippen LogP contribution in [0.15, 0.2) is 0 Å². The van der Waals surface area contributed by atoms with Crippen molar-refractivity contribution in [2.75, 3.05) is 18.8 Å². The Hall–Kier alpha value is -0.130. The summed E-state index contributed by atoms with van der Waals surface area (Å²) in [6, 6.07) is 0.928. The molecule has 0 spiro atoms. The van der Waals surface area contributed by atoms with Gasteiger partial charge in [0.15, 0.2) is 0 Å². The highest BCUT2D eigenvalue weighted by atomic mass is 32.2. The molecule has 2 heterocycles. The summed E-state index contributed by atoms with van der Waals surface area (Å²) in [5.74, 6) is 0.589. The monoisotopic (exact) mass is 274 g/mol. The third-order valence-electron chi connectivity index (χ3n) is 4.16. The Balaban J connectivity index is 1.96. The highest BCUT2D eigenvalue weighted by Gasteiger charge is 2.34. The van der Waals surface area contributed by atoms with E-state index in [0.29, 0.717) is 30.9 Å². The minimum Gasteiger partial charge on any atom is -0.310 e. The molecule has 3 unspecified atom stereocenters. The second kappa shape index (κ2) is 5.88. The number of sulfonamides is 1. The van der Waals surface area contributed by atoms with Crippen molar-refractivity contribution >= 4 is 10.0 Å². The fraction of sp³-hybridized carbons (Fsp3) is 1.00. The van der Waals surface area contributed by atoms with Crippen LogP contribution in [0.5, 0.6) is 0 Å². The van der Waals surface area contributed by atoms with Gasteiger partial charge in [-0.25, -0.2) is 12.7 Å². The standard InChI is InChI=1S/C13H26N2O2S/c1-3-4-11(2)10-18(16,17)15-8-7-12-5-6-13(9-15)14-12/h11-14H,3-10H2,1-2H3. The molecule has 0 saturated carbocycles. The van der Waals surface area contributed by atoms with Gasteiger partial charge in [0.2, 0.25) is 10.0 Å². The zero-order valence-corrected chi connectivity index (χ0v) is 12.4. The van der Waals surface area contributed by atoms with E-state index in [1.54, 1.807) is 4.31 Å². The molecule has 3 atom stereocenters. The molecule has 18 heavy (non-hydrogen) atoms. The number of nitrogens with one attached hydrogen (secondary N) is 1. The van der Waals surface area contributed by atoms with Crippen molar-refractivity contribution in [1.82, 2.24) is 9.62 Å². The van der Waals surface area contributed by atoms with E-state index in [0.717, 1.165) is 25.7 Å². The smallest absolute Gasteiger partial charge is 0.214 e. The Labute approximate surface area is 111 Å². The van der Waals surface area contributed by atoms with E-state index in [2.05, 4.69) is 12.2 Å². The fourth-order valence-corrected chi connectivity index (χ4v) is 5.09. The SMILES string of the molecule is CCCC(C)CS(=O)(=O)N1CCC2CCC(C1)N2. The molecule has 4 nitrogen and oxygen atoms in total. The maximum Gasteiger partial charge on any atom is 0.214 e. The lowest BCUT2D eigenvalue weighted by molar-refractivity contribution is 0.378. The highest BCUT2D eigenvalue weighted by Crippen LogP contribution is 2.23. The summed E-state index contributed by atoms with van der Waals surface area (Å²) in [6.07, 6.45) is 5.37. The van der Waals surface area contributed by atoms with Crippen molar-refractivity contribution in [2.24, 2.45) is 5.92 Å². The Kier molecular flexibility index (Phi) is 4.67. The Morgan fingerprint density at radius 1 is 1.28 bits per heavy atom. The molecule has 2 bridgehead atoms. The van der Waals surface area contributed by atoms with Crippen LogP contribution in [-0.2, 0) is 10.0 Å². The van der Waals surface area contributed by atoms with Crippen LogP contribution in [-0.4, -0.2) is 43.6 Å². The minimum atomic E-state index is -3.06. The topological polar surface area (TPSA) is 49.4 Å². The van der Waals surface area contributed by atoms with Crippen LogP contribution >= 0.6 is 0 Å². The van der Waals surface area contributed by atoms with Gasteiger partial charge >= 0.3 is 0 Å². The minimum absolute atomic E-state index is 0.272. The summed E-state index contributed by atoms with van der Waals surface area (Å²) in [5.41, 5.74) is 0. The van der Waals surface area contributed by atoms with Crippen molar-refractivity contribution in [1.29, 1.82) is 0 Å². The maximum atomic E-state index is 12.4. The lowest BCUT2D eigenvalue weighted by atomic mass is 10.1. The van der Waals surface area contributed by atoms with Gasteiger partial charge in [0.1, 0.15) is 0 Å². The van der Waals surface area contributed by atoms with Crippen molar-refractivity contribution < 1.29 is 8.42 Å². The molecular weight excluding hydrogens is 248 g/mol. The average Bonchev–Trinajstić information content (AvgIpc) is 2.56. The fourth-order valence-electron chi connectivity index (χ4n) is 3.20. The van der Waals surface area contributed by atoms with Crippen molar-refractivity contribution in [2.45, 2.75) is 58.0 Å². The first kappa shape index (κ1) is 14.3. The molecule has 2 aliphatic heterocycles.